The molecule has 1 N–H and O–H groups in total. The number of amides is 1. The van der Waals surface area contributed by atoms with E-state index in [1.807, 2.05) is 49.9 Å². The first-order valence-corrected chi connectivity index (χ1v) is 6.75. The van der Waals surface area contributed by atoms with Gasteiger partial charge in [0, 0.05) is 13.1 Å². The lowest BCUT2D eigenvalue weighted by atomic mass is 10.2. The molecule has 5 heteroatoms. The Hall–Kier alpha value is -1.62. The molecule has 1 aromatic carbocycles. The molecule has 0 aromatic heterocycles. The van der Waals surface area contributed by atoms with Crippen LogP contribution in [0.3, 0.4) is 0 Å². The lowest BCUT2D eigenvalue weighted by Crippen LogP contribution is -2.44. The second-order valence-corrected chi connectivity index (χ2v) is 4.51. The lowest BCUT2D eigenvalue weighted by molar-refractivity contribution is -0.121. The van der Waals surface area contributed by atoms with E-state index in [4.69, 9.17) is 17.0 Å². The number of nitrogens with zero attached hydrogens (tertiary/aromatic N) is 1. The van der Waals surface area contributed by atoms with E-state index < -0.39 is 0 Å². The third-order valence-corrected chi connectivity index (χ3v) is 3.05. The van der Waals surface area contributed by atoms with Crippen LogP contribution < -0.4 is 10.1 Å². The minimum Gasteiger partial charge on any atom is -0.484 e. The van der Waals surface area contributed by atoms with E-state index in [1.54, 1.807) is 0 Å². The summed E-state index contributed by atoms with van der Waals surface area (Å²) < 4.78 is 5.38. The molecule has 19 heavy (non-hydrogen) atoms. The minimum absolute atomic E-state index is 0.0372. The third kappa shape index (κ3) is 5.26. The Balaban J connectivity index is 2.39. The van der Waals surface area contributed by atoms with Gasteiger partial charge >= 0.3 is 0 Å². The van der Waals surface area contributed by atoms with Crippen LogP contribution in [-0.2, 0) is 4.79 Å². The van der Waals surface area contributed by atoms with E-state index in [1.165, 1.54) is 0 Å². The van der Waals surface area contributed by atoms with Crippen LogP contribution >= 0.6 is 12.2 Å². The molecule has 104 valence electrons. The first-order chi connectivity index (χ1) is 9.06. The van der Waals surface area contributed by atoms with Crippen LogP contribution in [0.4, 0.5) is 0 Å². The molecule has 0 atom stereocenters. The van der Waals surface area contributed by atoms with Gasteiger partial charge in [-0.15, -0.1) is 0 Å². The van der Waals surface area contributed by atoms with Crippen molar-refractivity contribution < 1.29 is 9.53 Å². The van der Waals surface area contributed by atoms with E-state index in [-0.39, 0.29) is 12.5 Å². The zero-order valence-electron chi connectivity index (χ0n) is 11.6. The summed E-state index contributed by atoms with van der Waals surface area (Å²) in [4.78, 5) is 13.6. The second-order valence-electron chi connectivity index (χ2n) is 4.13. The lowest BCUT2D eigenvalue weighted by Gasteiger charge is -2.21. The van der Waals surface area contributed by atoms with Gasteiger partial charge in [0.2, 0.25) is 0 Å². The van der Waals surface area contributed by atoms with Gasteiger partial charge in [0.15, 0.2) is 11.7 Å². The summed E-state index contributed by atoms with van der Waals surface area (Å²) in [6, 6.07) is 7.55. The second kappa shape index (κ2) is 7.74. The van der Waals surface area contributed by atoms with Crippen molar-refractivity contribution in [3.8, 4) is 5.75 Å². The van der Waals surface area contributed by atoms with Crippen molar-refractivity contribution in [1.82, 2.24) is 10.2 Å². The van der Waals surface area contributed by atoms with Crippen LogP contribution in [0, 0.1) is 6.92 Å². The number of hydrogen-bond acceptors (Lipinski definition) is 3. The van der Waals surface area contributed by atoms with E-state index >= 15 is 0 Å². The highest BCUT2D eigenvalue weighted by Gasteiger charge is 2.09. The zero-order chi connectivity index (χ0) is 14.3. The fraction of sp³-hybridized carbons (Fsp3) is 0.429. The molecule has 0 aliphatic rings. The number of ether oxygens (including phenoxy) is 1. The Kier molecular flexibility index (Phi) is 6.29. The summed E-state index contributed by atoms with van der Waals surface area (Å²) in [5.41, 5.74) is 1.15. The molecule has 4 nitrogen and oxygen atoms in total. The van der Waals surface area contributed by atoms with Crippen molar-refractivity contribution in [2.24, 2.45) is 0 Å². The van der Waals surface area contributed by atoms with Crippen LogP contribution in [0.2, 0.25) is 0 Å². The summed E-state index contributed by atoms with van der Waals surface area (Å²) in [5.74, 6) is 0.437. The highest BCUT2D eigenvalue weighted by Crippen LogP contribution is 2.10. The maximum Gasteiger partial charge on any atom is 0.264 e. The number of nitrogens with one attached hydrogen (secondary N) is 1. The molecule has 0 unspecified atom stereocenters. The van der Waals surface area contributed by atoms with Crippen molar-refractivity contribution in [2.75, 3.05) is 19.7 Å². The molecular formula is C14H20N2O2S. The summed E-state index contributed by atoms with van der Waals surface area (Å²) >= 11 is 5.14. The van der Waals surface area contributed by atoms with Crippen LogP contribution in [-0.4, -0.2) is 35.6 Å². The zero-order valence-corrected chi connectivity index (χ0v) is 12.4. The monoisotopic (exact) mass is 280 g/mol. The normalized spacial score (nSPS) is 9.84. The Bertz CT molecular complexity index is 428. The molecule has 1 rings (SSSR count). The van der Waals surface area contributed by atoms with Gasteiger partial charge in [-0.25, -0.2) is 0 Å². The first-order valence-electron chi connectivity index (χ1n) is 6.35. The van der Waals surface area contributed by atoms with Crippen LogP contribution in [0.15, 0.2) is 24.3 Å². The van der Waals surface area contributed by atoms with Crippen molar-refractivity contribution in [1.29, 1.82) is 0 Å². The van der Waals surface area contributed by atoms with Gasteiger partial charge in [-0.1, -0.05) is 17.7 Å². The SMILES string of the molecule is CCN(CC)C(=S)NC(=O)COc1ccc(C)cc1. The minimum atomic E-state index is -0.238. The number of carbonyl (C=O) groups is 1. The third-order valence-electron chi connectivity index (χ3n) is 2.69. The molecule has 0 saturated heterocycles. The number of aryl methyl sites for hydroxylation is 1. The van der Waals surface area contributed by atoms with Gasteiger partial charge in [-0.3, -0.25) is 4.79 Å². The van der Waals surface area contributed by atoms with Gasteiger partial charge in [0.1, 0.15) is 5.75 Å². The highest BCUT2D eigenvalue weighted by molar-refractivity contribution is 7.80. The quantitative estimate of drug-likeness (QED) is 0.839. The maximum atomic E-state index is 11.7. The topological polar surface area (TPSA) is 41.6 Å². The van der Waals surface area contributed by atoms with E-state index in [0.717, 1.165) is 18.7 Å². The largest absolute Gasteiger partial charge is 0.484 e. The van der Waals surface area contributed by atoms with Crippen LogP contribution in [0.5, 0.6) is 5.75 Å². The number of hydrogen-bond donors (Lipinski definition) is 1. The summed E-state index contributed by atoms with van der Waals surface area (Å²) in [6.45, 7) is 7.49. The van der Waals surface area contributed by atoms with Gasteiger partial charge in [0.25, 0.3) is 5.91 Å². The first kappa shape index (κ1) is 15.4. The van der Waals surface area contributed by atoms with E-state index in [9.17, 15) is 4.79 Å². The number of benzene rings is 1. The van der Waals surface area contributed by atoms with Gasteiger partial charge in [-0.05, 0) is 45.1 Å². The van der Waals surface area contributed by atoms with E-state index in [2.05, 4.69) is 5.32 Å². The van der Waals surface area contributed by atoms with Crippen molar-refractivity contribution in [3.05, 3.63) is 29.8 Å². The molecule has 1 amide bonds. The summed E-state index contributed by atoms with van der Waals surface area (Å²) in [5, 5.41) is 3.10. The number of carbonyl (C=O) groups excluding carboxylic acids is 1. The van der Waals surface area contributed by atoms with E-state index in [0.29, 0.717) is 10.9 Å². The highest BCUT2D eigenvalue weighted by atomic mass is 32.1. The van der Waals surface area contributed by atoms with Gasteiger partial charge in [0.05, 0.1) is 0 Å². The maximum absolute atomic E-state index is 11.7. The summed E-state index contributed by atoms with van der Waals surface area (Å²) in [7, 11) is 0. The summed E-state index contributed by atoms with van der Waals surface area (Å²) in [6.07, 6.45) is 0. The van der Waals surface area contributed by atoms with Crippen LogP contribution in [0.25, 0.3) is 0 Å². The molecule has 0 saturated carbocycles. The molecule has 0 spiro atoms. The number of thiocarbonyl (C=S) groups is 1. The molecule has 0 fully saturated rings. The molecule has 0 heterocycles. The molecule has 0 aliphatic carbocycles. The molecule has 0 bridgehead atoms. The predicted octanol–water partition coefficient (Wildman–Crippen LogP) is 2.12. The van der Waals surface area contributed by atoms with Crippen molar-refractivity contribution in [3.63, 3.8) is 0 Å². The van der Waals surface area contributed by atoms with Crippen LogP contribution in [0.1, 0.15) is 19.4 Å². The predicted molar refractivity (Wildman–Crippen MR) is 80.3 cm³/mol. The Morgan fingerprint density at radius 2 is 1.84 bits per heavy atom. The molecule has 1 aromatic rings. The fourth-order valence-electron chi connectivity index (χ4n) is 1.53. The van der Waals surface area contributed by atoms with Crippen molar-refractivity contribution >= 4 is 23.2 Å². The fourth-order valence-corrected chi connectivity index (χ4v) is 1.90. The average Bonchev–Trinajstić information content (AvgIpc) is 2.39. The van der Waals surface area contributed by atoms with Crippen molar-refractivity contribution in [2.45, 2.75) is 20.8 Å². The Morgan fingerprint density at radius 1 is 1.26 bits per heavy atom. The smallest absolute Gasteiger partial charge is 0.264 e. The van der Waals surface area contributed by atoms with Gasteiger partial charge < -0.3 is 15.0 Å². The number of rotatable bonds is 5. The molecular weight excluding hydrogens is 260 g/mol. The van der Waals surface area contributed by atoms with Gasteiger partial charge in [-0.2, -0.15) is 0 Å². The Morgan fingerprint density at radius 3 is 2.37 bits per heavy atom. The standard InChI is InChI=1S/C14H20N2O2S/c1-4-16(5-2)14(19)15-13(17)10-18-12-8-6-11(3)7-9-12/h6-9H,4-5,10H2,1-3H3,(H,15,17,19). The average molecular weight is 280 g/mol. The Labute approximate surface area is 119 Å². The molecule has 0 radical (unpaired) electrons. The molecule has 0 aliphatic heterocycles.